The summed E-state index contributed by atoms with van der Waals surface area (Å²) < 4.78 is 0. The van der Waals surface area contributed by atoms with Gasteiger partial charge in [0.1, 0.15) is 0 Å². The third-order valence-corrected chi connectivity index (χ3v) is 2.67. The summed E-state index contributed by atoms with van der Waals surface area (Å²) in [5.41, 5.74) is 5.72. The summed E-state index contributed by atoms with van der Waals surface area (Å²) in [6, 6.07) is 5.24. The van der Waals surface area contributed by atoms with E-state index < -0.39 is 0 Å². The van der Waals surface area contributed by atoms with E-state index in [4.69, 9.17) is 0 Å². The van der Waals surface area contributed by atoms with Crippen LogP contribution >= 0.6 is 0 Å². The van der Waals surface area contributed by atoms with Crippen molar-refractivity contribution in [1.29, 1.82) is 0 Å². The van der Waals surface area contributed by atoms with Gasteiger partial charge in [0.2, 0.25) is 0 Å². The molecular formula is C11H15N. The van der Waals surface area contributed by atoms with Gasteiger partial charge >= 0.3 is 0 Å². The van der Waals surface area contributed by atoms with E-state index in [1.807, 2.05) is 0 Å². The molecule has 0 saturated carbocycles. The van der Waals surface area contributed by atoms with Crippen LogP contribution in [0.5, 0.6) is 0 Å². The molecule has 0 aromatic heterocycles. The molecular weight excluding hydrogens is 146 g/mol. The summed E-state index contributed by atoms with van der Waals surface area (Å²) in [5, 5.41) is 3.34. The number of aryl methyl sites for hydroxylation is 3. The predicted octanol–water partition coefficient (Wildman–Crippen LogP) is 2.26. The Morgan fingerprint density at radius 2 is 1.67 bits per heavy atom. The van der Waals surface area contributed by atoms with E-state index >= 15 is 0 Å². The summed E-state index contributed by atoms with van der Waals surface area (Å²) in [7, 11) is 0. The Morgan fingerprint density at radius 1 is 1.08 bits per heavy atom. The Morgan fingerprint density at radius 3 is 2.25 bits per heavy atom. The second-order valence-electron chi connectivity index (χ2n) is 3.75. The quantitative estimate of drug-likeness (QED) is 0.627. The Hall–Kier alpha value is -0.820. The molecule has 0 amide bonds. The zero-order valence-corrected chi connectivity index (χ0v) is 7.94. The van der Waals surface area contributed by atoms with Crippen molar-refractivity contribution in [2.75, 3.05) is 6.54 Å². The molecule has 0 aliphatic carbocycles. The fourth-order valence-corrected chi connectivity index (χ4v) is 1.64. The first kappa shape index (κ1) is 7.81. The van der Waals surface area contributed by atoms with Gasteiger partial charge in [-0.1, -0.05) is 12.1 Å². The molecule has 12 heavy (non-hydrogen) atoms. The van der Waals surface area contributed by atoms with E-state index in [0.717, 1.165) is 6.54 Å². The van der Waals surface area contributed by atoms with Crippen LogP contribution in [0.15, 0.2) is 12.1 Å². The Labute approximate surface area is 73.8 Å². The standard InChI is InChI=1S/C11H15N/c1-7-4-9(3)10(5-8(7)2)11-6-12-11/h4-5,11-12H,6H2,1-3H3. The molecule has 64 valence electrons. The van der Waals surface area contributed by atoms with Gasteiger partial charge in [-0.2, -0.15) is 0 Å². The van der Waals surface area contributed by atoms with Crippen molar-refractivity contribution in [3.8, 4) is 0 Å². The summed E-state index contributed by atoms with van der Waals surface area (Å²) >= 11 is 0. The van der Waals surface area contributed by atoms with Crippen molar-refractivity contribution in [3.63, 3.8) is 0 Å². The molecule has 1 unspecified atom stereocenters. The summed E-state index contributed by atoms with van der Waals surface area (Å²) in [4.78, 5) is 0. The van der Waals surface area contributed by atoms with Crippen molar-refractivity contribution >= 4 is 0 Å². The van der Waals surface area contributed by atoms with Crippen LogP contribution in [0.2, 0.25) is 0 Å². The van der Waals surface area contributed by atoms with Crippen LogP contribution < -0.4 is 5.32 Å². The number of hydrogen-bond donors (Lipinski definition) is 1. The van der Waals surface area contributed by atoms with E-state index in [1.54, 1.807) is 0 Å². The molecule has 1 N–H and O–H groups in total. The molecule has 1 nitrogen and oxygen atoms in total. The molecule has 1 aliphatic rings. The molecule has 0 bridgehead atoms. The smallest absolute Gasteiger partial charge is 0.0450 e. The van der Waals surface area contributed by atoms with Crippen LogP contribution in [-0.4, -0.2) is 6.54 Å². The van der Waals surface area contributed by atoms with Gasteiger partial charge in [-0.05, 0) is 43.0 Å². The molecule has 1 aliphatic heterocycles. The van der Waals surface area contributed by atoms with Gasteiger partial charge in [-0.15, -0.1) is 0 Å². The van der Waals surface area contributed by atoms with E-state index in [2.05, 4.69) is 38.2 Å². The zero-order valence-electron chi connectivity index (χ0n) is 7.94. The maximum absolute atomic E-state index is 3.34. The molecule has 2 rings (SSSR count). The first-order valence-corrected chi connectivity index (χ1v) is 4.49. The van der Waals surface area contributed by atoms with Gasteiger partial charge in [0.15, 0.2) is 0 Å². The van der Waals surface area contributed by atoms with Crippen molar-refractivity contribution in [2.45, 2.75) is 26.8 Å². The van der Waals surface area contributed by atoms with Gasteiger partial charge < -0.3 is 5.32 Å². The normalized spacial score (nSPS) is 21.1. The molecule has 1 heteroatoms. The van der Waals surface area contributed by atoms with Crippen LogP contribution in [0.25, 0.3) is 0 Å². The van der Waals surface area contributed by atoms with Crippen LogP contribution in [0.1, 0.15) is 28.3 Å². The summed E-state index contributed by atoms with van der Waals surface area (Å²) in [6.07, 6.45) is 0. The number of benzene rings is 1. The van der Waals surface area contributed by atoms with Crippen LogP contribution in [0, 0.1) is 20.8 Å². The van der Waals surface area contributed by atoms with Crippen molar-refractivity contribution < 1.29 is 0 Å². The minimum absolute atomic E-state index is 0.643. The van der Waals surface area contributed by atoms with Crippen LogP contribution in [0.4, 0.5) is 0 Å². The summed E-state index contributed by atoms with van der Waals surface area (Å²) in [5.74, 6) is 0. The predicted molar refractivity (Wildman–Crippen MR) is 51.4 cm³/mol. The Kier molecular flexibility index (Phi) is 1.69. The maximum Gasteiger partial charge on any atom is 0.0450 e. The SMILES string of the molecule is Cc1cc(C)c(C2CN2)cc1C. The molecule has 1 aromatic rings. The molecule has 0 spiro atoms. The Balaban J connectivity index is 2.47. The minimum Gasteiger partial charge on any atom is -0.307 e. The number of nitrogens with one attached hydrogen (secondary N) is 1. The fourth-order valence-electron chi connectivity index (χ4n) is 1.64. The van der Waals surface area contributed by atoms with E-state index in [1.165, 1.54) is 22.3 Å². The van der Waals surface area contributed by atoms with Crippen molar-refractivity contribution in [1.82, 2.24) is 5.32 Å². The first-order valence-electron chi connectivity index (χ1n) is 4.49. The lowest BCUT2D eigenvalue weighted by atomic mass is 9.99. The van der Waals surface area contributed by atoms with E-state index in [-0.39, 0.29) is 0 Å². The van der Waals surface area contributed by atoms with E-state index in [0.29, 0.717) is 6.04 Å². The monoisotopic (exact) mass is 161 g/mol. The largest absolute Gasteiger partial charge is 0.307 e. The third kappa shape index (κ3) is 1.25. The lowest BCUT2D eigenvalue weighted by Gasteiger charge is -2.07. The molecule has 1 fully saturated rings. The third-order valence-electron chi connectivity index (χ3n) is 2.67. The number of hydrogen-bond acceptors (Lipinski definition) is 1. The molecule has 1 aromatic carbocycles. The van der Waals surface area contributed by atoms with Gasteiger partial charge in [0.05, 0.1) is 0 Å². The van der Waals surface area contributed by atoms with Crippen LogP contribution in [0.3, 0.4) is 0 Å². The highest BCUT2D eigenvalue weighted by Gasteiger charge is 2.23. The Bertz CT molecular complexity index is 311. The maximum atomic E-state index is 3.34. The minimum atomic E-state index is 0.643. The highest BCUT2D eigenvalue weighted by molar-refractivity contribution is 5.39. The van der Waals surface area contributed by atoms with Gasteiger partial charge in [0, 0.05) is 12.6 Å². The molecule has 1 heterocycles. The molecule has 1 saturated heterocycles. The van der Waals surface area contributed by atoms with E-state index in [9.17, 15) is 0 Å². The van der Waals surface area contributed by atoms with Gasteiger partial charge in [-0.25, -0.2) is 0 Å². The number of rotatable bonds is 1. The topological polar surface area (TPSA) is 21.9 Å². The van der Waals surface area contributed by atoms with Gasteiger partial charge in [0.25, 0.3) is 0 Å². The van der Waals surface area contributed by atoms with Crippen molar-refractivity contribution in [3.05, 3.63) is 34.4 Å². The fraction of sp³-hybridized carbons (Fsp3) is 0.455. The summed E-state index contributed by atoms with van der Waals surface area (Å²) in [6.45, 7) is 7.71. The first-order chi connectivity index (χ1) is 5.68. The molecule has 1 atom stereocenters. The average molecular weight is 161 g/mol. The van der Waals surface area contributed by atoms with Gasteiger partial charge in [-0.3, -0.25) is 0 Å². The lowest BCUT2D eigenvalue weighted by molar-refractivity contribution is 1.04. The average Bonchev–Trinajstić information content (AvgIpc) is 2.79. The van der Waals surface area contributed by atoms with Crippen molar-refractivity contribution in [2.24, 2.45) is 0 Å². The lowest BCUT2D eigenvalue weighted by Crippen LogP contribution is -1.92. The second kappa shape index (κ2) is 2.60. The zero-order chi connectivity index (χ0) is 8.72. The highest BCUT2D eigenvalue weighted by atomic mass is 15.1. The molecule has 0 radical (unpaired) electrons. The highest BCUT2D eigenvalue weighted by Crippen LogP contribution is 2.26. The van der Waals surface area contributed by atoms with Crippen LogP contribution in [-0.2, 0) is 0 Å². The second-order valence-corrected chi connectivity index (χ2v) is 3.75.